The molecule has 7 heteroatoms. The molecule has 0 radical (unpaired) electrons. The van der Waals surface area contributed by atoms with Crippen molar-refractivity contribution in [3.63, 3.8) is 0 Å². The van der Waals surface area contributed by atoms with Crippen LogP contribution in [0.3, 0.4) is 0 Å². The van der Waals surface area contributed by atoms with Crippen molar-refractivity contribution in [3.05, 3.63) is 80.2 Å². The fourth-order valence-corrected chi connectivity index (χ4v) is 2.87. The summed E-state index contributed by atoms with van der Waals surface area (Å²) in [6.07, 6.45) is 0. The summed E-state index contributed by atoms with van der Waals surface area (Å²) in [5.74, 6) is -0.206. The summed E-state index contributed by atoms with van der Waals surface area (Å²) >= 11 is 6.09. The zero-order chi connectivity index (χ0) is 16.8. The second-order valence-electron chi connectivity index (χ2n) is 5.27. The standard InChI is InChI=1S/C17H9ClFN3O2/c18-10-2-1-9-7-13-15(20-17(24)21-16(13)23)22(14(9)8-10)12-5-3-11(19)4-6-12/h1-8H,(H,21,23,24). The largest absolute Gasteiger partial charge is 0.349 e. The molecule has 0 spiro atoms. The van der Waals surface area contributed by atoms with Crippen LogP contribution >= 0.6 is 11.6 Å². The summed E-state index contributed by atoms with van der Waals surface area (Å²) < 4.78 is 14.9. The van der Waals surface area contributed by atoms with E-state index in [-0.39, 0.29) is 11.4 Å². The number of hydrogen-bond acceptors (Lipinski definition) is 3. The van der Waals surface area contributed by atoms with Crippen LogP contribution in [0.4, 0.5) is 4.39 Å². The molecule has 5 nitrogen and oxygen atoms in total. The fourth-order valence-electron chi connectivity index (χ4n) is 2.70. The maximum atomic E-state index is 13.3. The Morgan fingerprint density at radius 3 is 2.54 bits per heavy atom. The van der Waals surface area contributed by atoms with Gasteiger partial charge < -0.3 is 0 Å². The maximum absolute atomic E-state index is 13.3. The summed E-state index contributed by atoms with van der Waals surface area (Å²) in [4.78, 5) is 29.9. The molecule has 0 saturated carbocycles. The predicted octanol–water partition coefficient (Wildman–Crippen LogP) is 2.97. The Hall–Kier alpha value is -2.99. The molecule has 0 amide bonds. The quantitative estimate of drug-likeness (QED) is 0.541. The topological polar surface area (TPSA) is 67.8 Å². The minimum atomic E-state index is -0.746. The molecule has 0 atom stereocenters. The van der Waals surface area contributed by atoms with Gasteiger partial charge in [0.25, 0.3) is 5.56 Å². The number of nitrogens with one attached hydrogen (secondary N) is 1. The lowest BCUT2D eigenvalue weighted by Crippen LogP contribution is -2.27. The van der Waals surface area contributed by atoms with Crippen LogP contribution in [-0.4, -0.2) is 14.5 Å². The van der Waals surface area contributed by atoms with E-state index in [2.05, 4.69) is 9.97 Å². The van der Waals surface area contributed by atoms with E-state index in [0.29, 0.717) is 16.2 Å². The SMILES string of the molecule is O=c1nc2n(-c3ccc(F)cc3)c3cc(Cl)ccc3cc-2c(=O)[nH]1. The van der Waals surface area contributed by atoms with Gasteiger partial charge >= 0.3 is 5.69 Å². The summed E-state index contributed by atoms with van der Waals surface area (Å²) in [5.41, 5.74) is 0.196. The summed E-state index contributed by atoms with van der Waals surface area (Å²) in [7, 11) is 0. The third-order valence-corrected chi connectivity index (χ3v) is 3.98. The average molecular weight is 342 g/mol. The van der Waals surface area contributed by atoms with Crippen molar-refractivity contribution >= 4 is 22.5 Å². The number of H-pyrrole nitrogens is 1. The second kappa shape index (κ2) is 5.28. The van der Waals surface area contributed by atoms with Gasteiger partial charge in [-0.3, -0.25) is 14.3 Å². The highest BCUT2D eigenvalue weighted by atomic mass is 35.5. The molecule has 0 fully saturated rings. The third-order valence-electron chi connectivity index (χ3n) is 3.74. The first-order valence-electron chi connectivity index (χ1n) is 7.04. The molecule has 0 unspecified atom stereocenters. The molecule has 24 heavy (non-hydrogen) atoms. The van der Waals surface area contributed by atoms with Crippen LogP contribution in [0.15, 0.2) is 58.1 Å². The number of rotatable bonds is 1. The van der Waals surface area contributed by atoms with Crippen molar-refractivity contribution < 1.29 is 4.39 Å². The molecule has 0 bridgehead atoms. The highest BCUT2D eigenvalue weighted by Gasteiger charge is 2.18. The van der Waals surface area contributed by atoms with Crippen molar-refractivity contribution in [1.82, 2.24) is 14.5 Å². The number of aromatic amines is 1. The van der Waals surface area contributed by atoms with Gasteiger partial charge in [0.05, 0.1) is 11.1 Å². The van der Waals surface area contributed by atoms with E-state index in [1.165, 1.54) is 12.1 Å². The van der Waals surface area contributed by atoms with Crippen LogP contribution in [0.25, 0.3) is 28.0 Å². The van der Waals surface area contributed by atoms with Gasteiger partial charge in [-0.25, -0.2) is 9.18 Å². The first kappa shape index (κ1) is 14.6. The lowest BCUT2D eigenvalue weighted by Gasteiger charge is -2.17. The van der Waals surface area contributed by atoms with E-state index in [9.17, 15) is 14.0 Å². The zero-order valence-corrected chi connectivity index (χ0v) is 12.8. The van der Waals surface area contributed by atoms with Crippen molar-refractivity contribution in [3.8, 4) is 17.1 Å². The van der Waals surface area contributed by atoms with Gasteiger partial charge in [-0.05, 0) is 47.9 Å². The maximum Gasteiger partial charge on any atom is 0.349 e. The molecule has 0 aromatic heterocycles. The van der Waals surface area contributed by atoms with Crippen molar-refractivity contribution in [2.24, 2.45) is 0 Å². The number of nitrogens with zero attached hydrogens (tertiary/aromatic N) is 2. The Bertz CT molecular complexity index is 1170. The average Bonchev–Trinajstić information content (AvgIpc) is 2.54. The lowest BCUT2D eigenvalue weighted by atomic mass is 10.1. The van der Waals surface area contributed by atoms with Gasteiger partial charge in [0.15, 0.2) is 5.82 Å². The normalized spacial score (nSPS) is 11.2. The molecule has 2 aromatic carbocycles. The van der Waals surface area contributed by atoms with Crippen LogP contribution < -0.4 is 11.2 Å². The van der Waals surface area contributed by atoms with Crippen molar-refractivity contribution in [1.29, 1.82) is 0 Å². The van der Waals surface area contributed by atoms with Crippen LogP contribution in [0, 0.1) is 5.82 Å². The first-order chi connectivity index (χ1) is 11.5. The zero-order valence-electron chi connectivity index (χ0n) is 12.1. The van der Waals surface area contributed by atoms with Crippen molar-refractivity contribution in [2.45, 2.75) is 0 Å². The minimum Gasteiger partial charge on any atom is -0.294 e. The summed E-state index contributed by atoms with van der Waals surface area (Å²) in [5, 5.41) is 1.23. The summed E-state index contributed by atoms with van der Waals surface area (Å²) in [6, 6.07) is 12.5. The number of hydrogen-bond donors (Lipinski definition) is 1. The van der Waals surface area contributed by atoms with E-state index in [1.54, 1.807) is 41.0 Å². The van der Waals surface area contributed by atoms with Gasteiger partial charge in [0.1, 0.15) is 5.82 Å². The van der Waals surface area contributed by atoms with E-state index in [1.807, 2.05) is 0 Å². The molecular weight excluding hydrogens is 333 g/mol. The number of benzene rings is 2. The van der Waals surface area contributed by atoms with Gasteiger partial charge in [-0.15, -0.1) is 0 Å². The van der Waals surface area contributed by atoms with Gasteiger partial charge in [-0.1, -0.05) is 17.7 Å². The monoisotopic (exact) mass is 341 g/mol. The second-order valence-corrected chi connectivity index (χ2v) is 5.70. The smallest absolute Gasteiger partial charge is 0.294 e. The van der Waals surface area contributed by atoms with E-state index in [4.69, 9.17) is 11.6 Å². The Kier molecular flexibility index (Phi) is 3.21. The number of fused-ring (bicyclic) bond motifs is 2. The molecule has 0 saturated heterocycles. The van der Waals surface area contributed by atoms with Crippen molar-refractivity contribution in [2.75, 3.05) is 0 Å². The minimum absolute atomic E-state index is 0.185. The molecule has 4 rings (SSSR count). The highest BCUT2D eigenvalue weighted by molar-refractivity contribution is 6.31. The Labute approximate surface area is 139 Å². The Morgan fingerprint density at radius 1 is 1.04 bits per heavy atom. The van der Waals surface area contributed by atoms with Gasteiger partial charge in [0.2, 0.25) is 0 Å². The highest BCUT2D eigenvalue weighted by Crippen LogP contribution is 2.29. The van der Waals surface area contributed by atoms with Crippen LogP contribution in [-0.2, 0) is 0 Å². The molecule has 2 heterocycles. The van der Waals surface area contributed by atoms with E-state index in [0.717, 1.165) is 5.39 Å². The molecule has 1 N–H and O–H groups in total. The lowest BCUT2D eigenvalue weighted by molar-refractivity contribution is 0.627. The van der Waals surface area contributed by atoms with Crippen LogP contribution in [0.5, 0.6) is 0 Å². The summed E-state index contributed by atoms with van der Waals surface area (Å²) in [6.45, 7) is 0. The van der Waals surface area contributed by atoms with Crippen LogP contribution in [0.2, 0.25) is 5.02 Å². The molecule has 118 valence electrons. The Morgan fingerprint density at radius 2 is 1.79 bits per heavy atom. The molecule has 2 aromatic rings. The fraction of sp³-hybridized carbons (Fsp3) is 0. The van der Waals surface area contributed by atoms with Gasteiger partial charge in [-0.2, -0.15) is 4.98 Å². The van der Waals surface area contributed by atoms with Gasteiger partial charge in [0, 0.05) is 10.7 Å². The number of halogens is 2. The third kappa shape index (κ3) is 2.28. The molecular formula is C17H9ClFN3O2. The molecule has 2 aliphatic rings. The predicted molar refractivity (Wildman–Crippen MR) is 89.6 cm³/mol. The van der Waals surface area contributed by atoms with E-state index < -0.39 is 17.1 Å². The molecule has 0 aliphatic carbocycles. The van der Waals surface area contributed by atoms with Crippen LogP contribution in [0.1, 0.15) is 0 Å². The Balaban J connectivity index is 2.25. The molecule has 2 aliphatic heterocycles. The first-order valence-corrected chi connectivity index (χ1v) is 7.42. The number of pyridine rings is 1. The number of aromatic nitrogens is 3. The van der Waals surface area contributed by atoms with E-state index >= 15 is 0 Å².